The van der Waals surface area contributed by atoms with Crippen LogP contribution in [0.25, 0.3) is 0 Å². The molecule has 0 fully saturated rings. The van der Waals surface area contributed by atoms with Crippen molar-refractivity contribution in [1.82, 2.24) is 10.2 Å². The van der Waals surface area contributed by atoms with Crippen LogP contribution in [0.3, 0.4) is 0 Å². The summed E-state index contributed by atoms with van der Waals surface area (Å²) in [4.78, 5) is 11.6. The summed E-state index contributed by atoms with van der Waals surface area (Å²) in [6.45, 7) is 0. The maximum Gasteiger partial charge on any atom is 0.258 e. The molecule has 0 saturated heterocycles. The number of carbonyl (C=O) groups is 1. The Morgan fingerprint density at radius 2 is 2.12 bits per heavy atom. The molecule has 1 aromatic heterocycles. The molecule has 1 aromatic carbocycles. The number of aromatic amines is 1. The summed E-state index contributed by atoms with van der Waals surface area (Å²) in [6.07, 6.45) is 3.05. The first kappa shape index (κ1) is 10.9. The second-order valence-corrected chi connectivity index (χ2v) is 3.83. The number of nitrogens with zero attached hydrogens (tertiary/aromatic N) is 1. The van der Waals surface area contributed by atoms with Crippen LogP contribution in [-0.4, -0.2) is 16.1 Å². The molecular formula is C11H10BrN3O. The van der Waals surface area contributed by atoms with Crippen LogP contribution in [0.5, 0.6) is 0 Å². The van der Waals surface area contributed by atoms with Crippen molar-refractivity contribution >= 4 is 27.5 Å². The van der Waals surface area contributed by atoms with Gasteiger partial charge in [-0.2, -0.15) is 5.10 Å². The van der Waals surface area contributed by atoms with E-state index in [9.17, 15) is 4.79 Å². The lowest BCUT2D eigenvalue weighted by Crippen LogP contribution is -2.10. The van der Waals surface area contributed by atoms with Gasteiger partial charge in [-0.25, -0.2) is 0 Å². The first-order valence-corrected chi connectivity index (χ1v) is 5.87. The number of H-pyrrole nitrogens is 1. The fraction of sp³-hybridized carbons (Fsp3) is 0.0909. The molecule has 0 atom stereocenters. The molecule has 0 radical (unpaired) electrons. The summed E-state index contributed by atoms with van der Waals surface area (Å²) in [5.41, 5.74) is 2.46. The number of carbonyl (C=O) groups excluding carboxylic acids is 1. The van der Waals surface area contributed by atoms with Crippen LogP contribution in [0.1, 0.15) is 15.9 Å². The van der Waals surface area contributed by atoms with Crippen LogP contribution < -0.4 is 5.32 Å². The fourth-order valence-corrected chi connectivity index (χ4v) is 1.63. The standard InChI is InChI=1S/C11H10BrN3O/c12-5-8-1-3-10(4-2-8)15-11(16)9-6-13-14-7-9/h1-4,6-7H,5H2,(H,13,14)(H,15,16). The first-order valence-electron chi connectivity index (χ1n) is 4.74. The zero-order valence-electron chi connectivity index (χ0n) is 8.40. The highest BCUT2D eigenvalue weighted by Gasteiger charge is 2.06. The minimum atomic E-state index is -0.166. The molecule has 5 heteroatoms. The van der Waals surface area contributed by atoms with E-state index in [0.29, 0.717) is 5.56 Å². The summed E-state index contributed by atoms with van der Waals surface area (Å²) >= 11 is 3.36. The van der Waals surface area contributed by atoms with Crippen molar-refractivity contribution in [1.29, 1.82) is 0 Å². The van der Waals surface area contributed by atoms with Crippen LogP contribution in [0, 0.1) is 0 Å². The SMILES string of the molecule is O=C(Nc1ccc(CBr)cc1)c1cn[nH]c1. The summed E-state index contributed by atoms with van der Waals surface area (Å²) < 4.78 is 0. The molecule has 0 unspecified atom stereocenters. The Labute approximate surface area is 101 Å². The third-order valence-electron chi connectivity index (χ3n) is 2.13. The van der Waals surface area contributed by atoms with Gasteiger partial charge in [0.2, 0.25) is 0 Å². The van der Waals surface area contributed by atoms with E-state index in [-0.39, 0.29) is 5.91 Å². The summed E-state index contributed by atoms with van der Waals surface area (Å²) in [6, 6.07) is 7.66. The van der Waals surface area contributed by atoms with E-state index in [1.165, 1.54) is 11.8 Å². The molecule has 2 N–H and O–H groups in total. The third-order valence-corrected chi connectivity index (χ3v) is 2.77. The number of rotatable bonds is 3. The molecule has 4 nitrogen and oxygen atoms in total. The van der Waals surface area contributed by atoms with Crippen LogP contribution in [0.4, 0.5) is 5.69 Å². The van der Waals surface area contributed by atoms with Crippen molar-refractivity contribution in [3.63, 3.8) is 0 Å². The zero-order valence-corrected chi connectivity index (χ0v) is 9.99. The quantitative estimate of drug-likeness (QED) is 0.849. The van der Waals surface area contributed by atoms with E-state index in [4.69, 9.17) is 0 Å². The van der Waals surface area contributed by atoms with Crippen LogP contribution in [-0.2, 0) is 5.33 Å². The van der Waals surface area contributed by atoms with Gasteiger partial charge in [0.05, 0.1) is 11.8 Å². The highest BCUT2D eigenvalue weighted by atomic mass is 79.9. The molecule has 0 aliphatic rings. The Kier molecular flexibility index (Phi) is 3.36. The minimum absolute atomic E-state index is 0.166. The van der Waals surface area contributed by atoms with E-state index in [2.05, 4.69) is 31.4 Å². The van der Waals surface area contributed by atoms with E-state index < -0.39 is 0 Å². The highest BCUT2D eigenvalue weighted by Crippen LogP contribution is 2.12. The lowest BCUT2D eigenvalue weighted by molar-refractivity contribution is 0.102. The average Bonchev–Trinajstić information content (AvgIpc) is 2.83. The Bertz CT molecular complexity index is 464. The predicted molar refractivity (Wildman–Crippen MR) is 65.6 cm³/mol. The maximum atomic E-state index is 11.6. The van der Waals surface area contributed by atoms with Crippen LogP contribution in [0.15, 0.2) is 36.7 Å². The maximum absolute atomic E-state index is 11.6. The Morgan fingerprint density at radius 1 is 1.38 bits per heavy atom. The van der Waals surface area contributed by atoms with Crippen LogP contribution >= 0.6 is 15.9 Å². The molecule has 1 heterocycles. The summed E-state index contributed by atoms with van der Waals surface area (Å²) in [5, 5.41) is 9.91. The number of benzene rings is 1. The summed E-state index contributed by atoms with van der Waals surface area (Å²) in [7, 11) is 0. The van der Waals surface area contributed by atoms with Gasteiger partial charge >= 0.3 is 0 Å². The molecule has 0 aliphatic carbocycles. The lowest BCUT2D eigenvalue weighted by Gasteiger charge is -2.03. The van der Waals surface area contributed by atoms with Crippen molar-refractivity contribution in [2.75, 3.05) is 5.32 Å². The van der Waals surface area contributed by atoms with Gasteiger partial charge in [0.15, 0.2) is 0 Å². The van der Waals surface area contributed by atoms with Crippen molar-refractivity contribution in [2.45, 2.75) is 5.33 Å². The van der Waals surface area contributed by atoms with Crippen molar-refractivity contribution in [3.05, 3.63) is 47.8 Å². The number of amides is 1. The van der Waals surface area contributed by atoms with Gasteiger partial charge < -0.3 is 5.32 Å². The number of anilines is 1. The highest BCUT2D eigenvalue weighted by molar-refractivity contribution is 9.08. The van der Waals surface area contributed by atoms with Crippen molar-refractivity contribution < 1.29 is 4.79 Å². The normalized spacial score (nSPS) is 10.1. The molecule has 16 heavy (non-hydrogen) atoms. The average molecular weight is 280 g/mol. The predicted octanol–water partition coefficient (Wildman–Crippen LogP) is 2.56. The second-order valence-electron chi connectivity index (χ2n) is 3.27. The smallest absolute Gasteiger partial charge is 0.258 e. The van der Waals surface area contributed by atoms with E-state index in [1.54, 1.807) is 6.20 Å². The Balaban J connectivity index is 2.06. The molecule has 0 saturated carbocycles. The molecule has 2 rings (SSSR count). The van der Waals surface area contributed by atoms with E-state index >= 15 is 0 Å². The number of hydrogen-bond donors (Lipinski definition) is 2. The Hall–Kier alpha value is -1.62. The van der Waals surface area contributed by atoms with Gasteiger partial charge in [-0.1, -0.05) is 28.1 Å². The van der Waals surface area contributed by atoms with Gasteiger partial charge in [-0.15, -0.1) is 0 Å². The third kappa shape index (κ3) is 2.49. The summed E-state index contributed by atoms with van der Waals surface area (Å²) in [5.74, 6) is -0.166. The van der Waals surface area contributed by atoms with Gasteiger partial charge in [-0.3, -0.25) is 9.89 Å². The van der Waals surface area contributed by atoms with Gasteiger partial charge in [0.1, 0.15) is 0 Å². The van der Waals surface area contributed by atoms with E-state index in [0.717, 1.165) is 11.0 Å². The zero-order chi connectivity index (χ0) is 11.4. The van der Waals surface area contributed by atoms with Crippen molar-refractivity contribution in [3.8, 4) is 0 Å². The Morgan fingerprint density at radius 3 is 2.69 bits per heavy atom. The number of halogens is 1. The molecule has 1 amide bonds. The van der Waals surface area contributed by atoms with Crippen molar-refractivity contribution in [2.24, 2.45) is 0 Å². The fourth-order valence-electron chi connectivity index (χ4n) is 1.26. The molecule has 2 aromatic rings. The molecule has 0 spiro atoms. The number of nitrogens with one attached hydrogen (secondary N) is 2. The molecule has 0 aliphatic heterocycles. The minimum Gasteiger partial charge on any atom is -0.322 e. The number of alkyl halides is 1. The molecule has 0 bridgehead atoms. The van der Waals surface area contributed by atoms with Gasteiger partial charge in [-0.05, 0) is 17.7 Å². The van der Waals surface area contributed by atoms with Crippen LogP contribution in [0.2, 0.25) is 0 Å². The monoisotopic (exact) mass is 279 g/mol. The molecular weight excluding hydrogens is 270 g/mol. The number of hydrogen-bond acceptors (Lipinski definition) is 2. The van der Waals surface area contributed by atoms with E-state index in [1.807, 2.05) is 24.3 Å². The van der Waals surface area contributed by atoms with Gasteiger partial charge in [0.25, 0.3) is 5.91 Å². The first-order chi connectivity index (χ1) is 7.79. The topological polar surface area (TPSA) is 57.8 Å². The molecule has 82 valence electrons. The lowest BCUT2D eigenvalue weighted by atomic mass is 10.2. The largest absolute Gasteiger partial charge is 0.322 e. The van der Waals surface area contributed by atoms with Gasteiger partial charge in [0, 0.05) is 17.2 Å². The number of aromatic nitrogens is 2. The second kappa shape index (κ2) is 4.94.